The predicted molar refractivity (Wildman–Crippen MR) is 81.7 cm³/mol. The zero-order valence-corrected chi connectivity index (χ0v) is 12.1. The number of carbonyl (C=O) groups is 2. The van der Waals surface area contributed by atoms with E-state index >= 15 is 0 Å². The molecule has 0 bridgehead atoms. The third-order valence-electron chi connectivity index (χ3n) is 2.89. The molecule has 0 fully saturated rings. The maximum atomic E-state index is 13.8. The lowest BCUT2D eigenvalue weighted by molar-refractivity contribution is -0.114. The van der Waals surface area contributed by atoms with Crippen LogP contribution < -0.4 is 15.4 Å². The van der Waals surface area contributed by atoms with Crippen LogP contribution in [-0.4, -0.2) is 18.9 Å². The number of ether oxygens (including phenoxy) is 1. The summed E-state index contributed by atoms with van der Waals surface area (Å²) in [6.07, 6.45) is 0. The first kappa shape index (κ1) is 15.5. The van der Waals surface area contributed by atoms with Crippen molar-refractivity contribution in [1.82, 2.24) is 0 Å². The normalized spacial score (nSPS) is 9.95. The molecule has 0 aliphatic carbocycles. The van der Waals surface area contributed by atoms with E-state index < -0.39 is 11.7 Å². The van der Waals surface area contributed by atoms with Crippen molar-refractivity contribution in [3.8, 4) is 5.75 Å². The van der Waals surface area contributed by atoms with Crippen molar-refractivity contribution in [3.63, 3.8) is 0 Å². The standard InChI is InChI=1S/C16H15FN2O3/c1-10(20)18-11-7-8-13(17)14(9-11)19-16(21)12-5-3-4-6-15(12)22-2/h3-9H,1-2H3,(H,18,20)(H,19,21). The maximum absolute atomic E-state index is 13.8. The molecule has 5 nitrogen and oxygen atoms in total. The van der Waals surface area contributed by atoms with Crippen LogP contribution in [-0.2, 0) is 4.79 Å². The van der Waals surface area contributed by atoms with Gasteiger partial charge in [-0.25, -0.2) is 4.39 Å². The van der Waals surface area contributed by atoms with Gasteiger partial charge in [0.2, 0.25) is 5.91 Å². The van der Waals surface area contributed by atoms with Crippen molar-refractivity contribution in [2.45, 2.75) is 6.92 Å². The summed E-state index contributed by atoms with van der Waals surface area (Å²) < 4.78 is 18.9. The molecule has 0 aromatic heterocycles. The number of nitrogens with one attached hydrogen (secondary N) is 2. The minimum absolute atomic E-state index is 0.0258. The van der Waals surface area contributed by atoms with Crippen molar-refractivity contribution < 1.29 is 18.7 Å². The monoisotopic (exact) mass is 302 g/mol. The Labute approximate surface area is 127 Å². The van der Waals surface area contributed by atoms with E-state index in [0.717, 1.165) is 0 Å². The summed E-state index contributed by atoms with van der Waals surface area (Å²) in [5, 5.41) is 5.00. The first-order valence-corrected chi connectivity index (χ1v) is 6.52. The van der Waals surface area contributed by atoms with E-state index in [0.29, 0.717) is 11.4 Å². The second kappa shape index (κ2) is 6.71. The zero-order chi connectivity index (χ0) is 16.1. The molecule has 0 aliphatic rings. The predicted octanol–water partition coefficient (Wildman–Crippen LogP) is 3.05. The summed E-state index contributed by atoms with van der Waals surface area (Å²) in [4.78, 5) is 23.3. The van der Waals surface area contributed by atoms with Gasteiger partial charge in [-0.3, -0.25) is 9.59 Å². The Bertz CT molecular complexity index is 716. The fourth-order valence-corrected chi connectivity index (χ4v) is 1.92. The van der Waals surface area contributed by atoms with Gasteiger partial charge >= 0.3 is 0 Å². The average Bonchev–Trinajstić information content (AvgIpc) is 2.50. The highest BCUT2D eigenvalue weighted by atomic mass is 19.1. The second-order valence-corrected chi connectivity index (χ2v) is 4.53. The number of hydrogen-bond donors (Lipinski definition) is 2. The Kier molecular flexibility index (Phi) is 4.73. The van der Waals surface area contributed by atoms with Gasteiger partial charge in [-0.15, -0.1) is 0 Å². The molecule has 0 unspecified atom stereocenters. The largest absolute Gasteiger partial charge is 0.496 e. The molecule has 2 rings (SSSR count). The Morgan fingerprint density at radius 2 is 1.82 bits per heavy atom. The number of para-hydroxylation sites is 1. The van der Waals surface area contributed by atoms with Gasteiger partial charge in [0, 0.05) is 12.6 Å². The highest BCUT2D eigenvalue weighted by molar-refractivity contribution is 6.06. The van der Waals surface area contributed by atoms with Gasteiger partial charge in [0.1, 0.15) is 11.6 Å². The van der Waals surface area contributed by atoms with E-state index in [1.165, 1.54) is 32.2 Å². The second-order valence-electron chi connectivity index (χ2n) is 4.53. The first-order valence-electron chi connectivity index (χ1n) is 6.52. The molecule has 0 saturated heterocycles. The lowest BCUT2D eigenvalue weighted by Crippen LogP contribution is -2.14. The van der Waals surface area contributed by atoms with E-state index in [1.807, 2.05) is 0 Å². The van der Waals surface area contributed by atoms with E-state index in [-0.39, 0.29) is 17.2 Å². The summed E-state index contributed by atoms with van der Waals surface area (Å²) in [7, 11) is 1.45. The minimum Gasteiger partial charge on any atom is -0.496 e. The number of amides is 2. The number of carbonyl (C=O) groups excluding carboxylic acids is 2. The Hall–Kier alpha value is -2.89. The molecule has 6 heteroatoms. The molecule has 22 heavy (non-hydrogen) atoms. The highest BCUT2D eigenvalue weighted by Crippen LogP contribution is 2.23. The molecule has 2 amide bonds. The first-order chi connectivity index (χ1) is 10.5. The van der Waals surface area contributed by atoms with Gasteiger partial charge in [-0.05, 0) is 30.3 Å². The van der Waals surface area contributed by atoms with Crippen LogP contribution >= 0.6 is 0 Å². The third-order valence-corrected chi connectivity index (χ3v) is 2.89. The number of hydrogen-bond acceptors (Lipinski definition) is 3. The number of benzene rings is 2. The van der Waals surface area contributed by atoms with Gasteiger partial charge in [-0.1, -0.05) is 12.1 Å². The quantitative estimate of drug-likeness (QED) is 0.912. The molecule has 0 atom stereocenters. The van der Waals surface area contributed by atoms with Crippen molar-refractivity contribution in [3.05, 3.63) is 53.8 Å². The SMILES string of the molecule is COc1ccccc1C(=O)Nc1cc(NC(C)=O)ccc1F. The maximum Gasteiger partial charge on any atom is 0.259 e. The summed E-state index contributed by atoms with van der Waals surface area (Å²) in [5.41, 5.74) is 0.653. The average molecular weight is 302 g/mol. The molecule has 2 aromatic carbocycles. The minimum atomic E-state index is -0.600. The van der Waals surface area contributed by atoms with Crippen molar-refractivity contribution in [2.75, 3.05) is 17.7 Å². The molecular weight excluding hydrogens is 287 g/mol. The van der Waals surface area contributed by atoms with Gasteiger partial charge in [0.05, 0.1) is 18.4 Å². The summed E-state index contributed by atoms with van der Waals surface area (Å²) in [6, 6.07) is 10.6. The number of methoxy groups -OCH3 is 1. The Morgan fingerprint density at radius 3 is 2.50 bits per heavy atom. The van der Waals surface area contributed by atoms with Crippen LogP contribution in [0, 0.1) is 5.82 Å². The fraction of sp³-hybridized carbons (Fsp3) is 0.125. The molecule has 0 aliphatic heterocycles. The van der Waals surface area contributed by atoms with Crippen molar-refractivity contribution in [1.29, 1.82) is 0 Å². The van der Waals surface area contributed by atoms with E-state index in [4.69, 9.17) is 4.74 Å². The fourth-order valence-electron chi connectivity index (χ4n) is 1.92. The molecule has 2 N–H and O–H groups in total. The molecule has 0 radical (unpaired) electrons. The zero-order valence-electron chi connectivity index (χ0n) is 12.1. The molecular formula is C16H15FN2O3. The van der Waals surface area contributed by atoms with E-state index in [2.05, 4.69) is 10.6 Å². The Balaban J connectivity index is 2.26. The number of rotatable bonds is 4. The van der Waals surface area contributed by atoms with Crippen molar-refractivity contribution >= 4 is 23.2 Å². The number of halogens is 1. The molecule has 0 saturated carbocycles. The summed E-state index contributed by atoms with van der Waals surface area (Å²) in [5.74, 6) is -0.999. The topological polar surface area (TPSA) is 67.4 Å². The van der Waals surface area contributed by atoms with E-state index in [1.54, 1.807) is 24.3 Å². The lowest BCUT2D eigenvalue weighted by atomic mass is 10.1. The Morgan fingerprint density at radius 1 is 1.09 bits per heavy atom. The van der Waals surface area contributed by atoms with Crippen LogP contribution in [0.4, 0.5) is 15.8 Å². The van der Waals surface area contributed by atoms with E-state index in [9.17, 15) is 14.0 Å². The highest BCUT2D eigenvalue weighted by Gasteiger charge is 2.14. The number of anilines is 2. The van der Waals surface area contributed by atoms with Crippen LogP contribution in [0.15, 0.2) is 42.5 Å². The third kappa shape index (κ3) is 3.60. The molecule has 2 aromatic rings. The van der Waals surface area contributed by atoms with Gasteiger partial charge in [-0.2, -0.15) is 0 Å². The van der Waals surface area contributed by atoms with Crippen LogP contribution in [0.2, 0.25) is 0 Å². The molecule has 0 spiro atoms. The summed E-state index contributed by atoms with van der Waals surface area (Å²) in [6.45, 7) is 1.34. The molecule has 0 heterocycles. The van der Waals surface area contributed by atoms with Crippen molar-refractivity contribution in [2.24, 2.45) is 0 Å². The van der Waals surface area contributed by atoms with Gasteiger partial charge in [0.15, 0.2) is 0 Å². The molecule has 114 valence electrons. The summed E-state index contributed by atoms with van der Waals surface area (Å²) >= 11 is 0. The van der Waals surface area contributed by atoms with Crippen LogP contribution in [0.25, 0.3) is 0 Å². The van der Waals surface area contributed by atoms with Crippen LogP contribution in [0.1, 0.15) is 17.3 Å². The lowest BCUT2D eigenvalue weighted by Gasteiger charge is -2.11. The van der Waals surface area contributed by atoms with Crippen LogP contribution in [0.3, 0.4) is 0 Å². The van der Waals surface area contributed by atoms with Crippen LogP contribution in [0.5, 0.6) is 5.75 Å². The smallest absolute Gasteiger partial charge is 0.259 e. The van der Waals surface area contributed by atoms with Gasteiger partial charge < -0.3 is 15.4 Å². The van der Waals surface area contributed by atoms with Gasteiger partial charge in [0.25, 0.3) is 5.91 Å².